The molecular formula is C20H15N3O3. The molecule has 26 heavy (non-hydrogen) atoms. The third-order valence-electron chi connectivity index (χ3n) is 3.88. The number of amides is 1. The van der Waals surface area contributed by atoms with E-state index < -0.39 is 0 Å². The summed E-state index contributed by atoms with van der Waals surface area (Å²) in [6, 6.07) is 21.5. The first-order valence-corrected chi connectivity index (χ1v) is 8.04. The largest absolute Gasteiger partial charge is 0.457 e. The minimum atomic E-state index is -0.297. The first-order chi connectivity index (χ1) is 12.7. The van der Waals surface area contributed by atoms with Gasteiger partial charge in [-0.1, -0.05) is 30.3 Å². The minimum Gasteiger partial charge on any atom is -0.457 e. The van der Waals surface area contributed by atoms with Crippen molar-refractivity contribution in [3.8, 4) is 11.5 Å². The molecule has 0 aliphatic carbocycles. The normalized spacial score (nSPS) is 10.6. The van der Waals surface area contributed by atoms with Crippen molar-refractivity contribution in [3.05, 3.63) is 88.8 Å². The summed E-state index contributed by atoms with van der Waals surface area (Å²) < 4.78 is 5.83. The number of ether oxygens (including phenoxy) is 1. The average Bonchev–Trinajstić information content (AvgIpc) is 3.02. The van der Waals surface area contributed by atoms with Gasteiger partial charge in [-0.3, -0.25) is 4.79 Å². The predicted octanol–water partition coefficient (Wildman–Crippen LogP) is 3.90. The van der Waals surface area contributed by atoms with Crippen molar-refractivity contribution in [1.29, 1.82) is 0 Å². The van der Waals surface area contributed by atoms with Gasteiger partial charge < -0.3 is 20.0 Å². The third-order valence-corrected chi connectivity index (χ3v) is 3.88. The Kier molecular flexibility index (Phi) is 3.99. The summed E-state index contributed by atoms with van der Waals surface area (Å²) in [5.41, 5.74) is 2.01. The van der Waals surface area contributed by atoms with E-state index in [1.54, 1.807) is 36.4 Å². The zero-order valence-electron chi connectivity index (χ0n) is 13.7. The number of hydrogen-bond donors (Lipinski definition) is 3. The number of hydrogen-bond acceptors (Lipinski definition) is 3. The SMILES string of the molecule is O=C(Nc1ccc2[nH]c(=O)[nH]c2c1)c1ccccc1Oc1ccccc1. The Morgan fingerprint density at radius 2 is 1.58 bits per heavy atom. The highest BCUT2D eigenvalue weighted by Gasteiger charge is 2.13. The second kappa shape index (κ2) is 6.60. The summed E-state index contributed by atoms with van der Waals surface area (Å²) in [7, 11) is 0. The molecule has 0 aliphatic heterocycles. The maximum atomic E-state index is 12.7. The monoisotopic (exact) mass is 345 g/mol. The molecule has 0 spiro atoms. The van der Waals surface area contributed by atoms with E-state index >= 15 is 0 Å². The maximum absolute atomic E-state index is 12.7. The van der Waals surface area contributed by atoms with E-state index in [1.165, 1.54) is 0 Å². The molecular weight excluding hydrogens is 330 g/mol. The fourth-order valence-electron chi connectivity index (χ4n) is 2.67. The summed E-state index contributed by atoms with van der Waals surface area (Å²) >= 11 is 0. The zero-order valence-corrected chi connectivity index (χ0v) is 13.7. The number of rotatable bonds is 4. The Morgan fingerprint density at radius 1 is 0.846 bits per heavy atom. The molecule has 4 rings (SSSR count). The van der Waals surface area contributed by atoms with Crippen molar-refractivity contribution in [2.45, 2.75) is 0 Å². The van der Waals surface area contributed by atoms with E-state index in [9.17, 15) is 9.59 Å². The van der Waals surface area contributed by atoms with E-state index in [2.05, 4.69) is 15.3 Å². The van der Waals surface area contributed by atoms with Crippen molar-refractivity contribution in [2.24, 2.45) is 0 Å². The molecule has 6 heteroatoms. The molecule has 1 aromatic heterocycles. The van der Waals surface area contributed by atoms with Gasteiger partial charge in [0.15, 0.2) is 0 Å². The number of aromatic nitrogens is 2. The molecule has 0 radical (unpaired) electrons. The summed E-state index contributed by atoms with van der Waals surface area (Å²) in [6.45, 7) is 0. The number of para-hydroxylation sites is 2. The maximum Gasteiger partial charge on any atom is 0.323 e. The number of imidazole rings is 1. The fourth-order valence-corrected chi connectivity index (χ4v) is 2.67. The highest BCUT2D eigenvalue weighted by molar-refractivity contribution is 6.06. The summed E-state index contributed by atoms with van der Waals surface area (Å²) in [4.78, 5) is 29.4. The minimum absolute atomic E-state index is 0.287. The Bertz CT molecular complexity index is 1130. The molecule has 0 saturated heterocycles. The number of carbonyl (C=O) groups is 1. The molecule has 0 unspecified atom stereocenters. The number of fused-ring (bicyclic) bond motifs is 1. The van der Waals surface area contributed by atoms with E-state index in [0.717, 1.165) is 0 Å². The van der Waals surface area contributed by atoms with Crippen LogP contribution in [-0.2, 0) is 0 Å². The standard InChI is InChI=1S/C20H15N3O3/c24-19(21-13-10-11-16-17(12-13)23-20(25)22-16)15-8-4-5-9-18(15)26-14-6-2-1-3-7-14/h1-12H,(H,21,24)(H2,22,23,25). The fraction of sp³-hybridized carbons (Fsp3) is 0. The van der Waals surface area contributed by atoms with Crippen LogP contribution < -0.4 is 15.7 Å². The van der Waals surface area contributed by atoms with Crippen molar-refractivity contribution in [1.82, 2.24) is 9.97 Å². The van der Waals surface area contributed by atoms with Crippen molar-refractivity contribution in [3.63, 3.8) is 0 Å². The Hall–Kier alpha value is -3.80. The van der Waals surface area contributed by atoms with E-state index in [0.29, 0.717) is 33.8 Å². The van der Waals surface area contributed by atoms with Gasteiger partial charge >= 0.3 is 5.69 Å². The summed E-state index contributed by atoms with van der Waals surface area (Å²) in [6.07, 6.45) is 0. The molecule has 0 atom stereocenters. The molecule has 1 heterocycles. The molecule has 0 aliphatic rings. The number of carbonyl (C=O) groups excluding carboxylic acids is 1. The number of anilines is 1. The smallest absolute Gasteiger partial charge is 0.323 e. The van der Waals surface area contributed by atoms with Crippen molar-refractivity contribution < 1.29 is 9.53 Å². The zero-order chi connectivity index (χ0) is 17.9. The second-order valence-electron chi connectivity index (χ2n) is 5.70. The molecule has 4 aromatic rings. The Labute approximate surface area is 148 Å². The molecule has 0 bridgehead atoms. The van der Waals surface area contributed by atoms with Crippen LogP contribution in [0.25, 0.3) is 11.0 Å². The van der Waals surface area contributed by atoms with E-state index in [1.807, 2.05) is 36.4 Å². The third kappa shape index (κ3) is 3.21. The highest BCUT2D eigenvalue weighted by atomic mass is 16.5. The lowest BCUT2D eigenvalue weighted by atomic mass is 10.1. The van der Waals surface area contributed by atoms with Crippen molar-refractivity contribution in [2.75, 3.05) is 5.32 Å². The van der Waals surface area contributed by atoms with Crippen LogP contribution in [0.15, 0.2) is 77.6 Å². The van der Waals surface area contributed by atoms with Crippen LogP contribution >= 0.6 is 0 Å². The van der Waals surface area contributed by atoms with Gasteiger partial charge in [-0.05, 0) is 42.5 Å². The molecule has 0 saturated carbocycles. The van der Waals surface area contributed by atoms with Gasteiger partial charge in [0.1, 0.15) is 11.5 Å². The Balaban J connectivity index is 1.60. The first kappa shape index (κ1) is 15.7. The van der Waals surface area contributed by atoms with Crippen LogP contribution in [-0.4, -0.2) is 15.9 Å². The van der Waals surface area contributed by atoms with Gasteiger partial charge in [0.2, 0.25) is 0 Å². The lowest BCUT2D eigenvalue weighted by molar-refractivity contribution is 0.102. The van der Waals surface area contributed by atoms with Crippen LogP contribution in [0.1, 0.15) is 10.4 Å². The molecule has 3 aromatic carbocycles. The topological polar surface area (TPSA) is 87.0 Å². The van der Waals surface area contributed by atoms with Crippen LogP contribution in [0.5, 0.6) is 11.5 Å². The molecule has 1 amide bonds. The molecule has 6 nitrogen and oxygen atoms in total. The number of H-pyrrole nitrogens is 2. The quantitative estimate of drug-likeness (QED) is 0.524. The van der Waals surface area contributed by atoms with Gasteiger partial charge in [0.05, 0.1) is 16.6 Å². The molecule has 0 fully saturated rings. The second-order valence-corrected chi connectivity index (χ2v) is 5.70. The Morgan fingerprint density at radius 3 is 2.42 bits per heavy atom. The number of nitrogens with one attached hydrogen (secondary N) is 3. The van der Waals surface area contributed by atoms with Gasteiger partial charge in [-0.2, -0.15) is 0 Å². The summed E-state index contributed by atoms with van der Waals surface area (Å²) in [5.74, 6) is 0.820. The predicted molar refractivity (Wildman–Crippen MR) is 99.8 cm³/mol. The average molecular weight is 345 g/mol. The van der Waals surface area contributed by atoms with Crippen LogP contribution in [0.2, 0.25) is 0 Å². The van der Waals surface area contributed by atoms with Crippen LogP contribution in [0, 0.1) is 0 Å². The summed E-state index contributed by atoms with van der Waals surface area (Å²) in [5, 5.41) is 2.83. The molecule has 3 N–H and O–H groups in total. The van der Waals surface area contributed by atoms with Crippen LogP contribution in [0.4, 0.5) is 5.69 Å². The highest BCUT2D eigenvalue weighted by Crippen LogP contribution is 2.26. The first-order valence-electron chi connectivity index (χ1n) is 8.04. The number of benzene rings is 3. The van der Waals surface area contributed by atoms with E-state index in [-0.39, 0.29) is 11.6 Å². The molecule has 128 valence electrons. The van der Waals surface area contributed by atoms with Gasteiger partial charge in [-0.15, -0.1) is 0 Å². The lowest BCUT2D eigenvalue weighted by Gasteiger charge is -2.11. The van der Waals surface area contributed by atoms with Crippen molar-refractivity contribution >= 4 is 22.6 Å². The van der Waals surface area contributed by atoms with Crippen LogP contribution in [0.3, 0.4) is 0 Å². The van der Waals surface area contributed by atoms with Gasteiger partial charge in [-0.25, -0.2) is 4.79 Å². The van der Waals surface area contributed by atoms with E-state index in [4.69, 9.17) is 4.74 Å². The van der Waals surface area contributed by atoms with Gasteiger partial charge in [0, 0.05) is 5.69 Å². The lowest BCUT2D eigenvalue weighted by Crippen LogP contribution is -2.12. The van der Waals surface area contributed by atoms with Gasteiger partial charge in [0.25, 0.3) is 5.91 Å². The number of aromatic amines is 2.